The molecule has 1 atom stereocenters. The zero-order valence-corrected chi connectivity index (χ0v) is 11.1. The van der Waals surface area contributed by atoms with Gasteiger partial charge in [-0.2, -0.15) is 0 Å². The van der Waals surface area contributed by atoms with E-state index in [0.717, 1.165) is 12.8 Å². The van der Waals surface area contributed by atoms with E-state index in [1.54, 1.807) is 0 Å². The fraction of sp³-hybridized carbons (Fsp3) is 0.533. The maximum Gasteiger partial charge on any atom is 0.224 e. The van der Waals surface area contributed by atoms with Gasteiger partial charge < -0.3 is 11.1 Å². The van der Waals surface area contributed by atoms with Crippen molar-refractivity contribution in [2.75, 3.05) is 6.54 Å². The van der Waals surface area contributed by atoms with E-state index in [2.05, 4.69) is 29.6 Å². The molecule has 1 aliphatic carbocycles. The van der Waals surface area contributed by atoms with Gasteiger partial charge in [-0.1, -0.05) is 38.1 Å². The van der Waals surface area contributed by atoms with Gasteiger partial charge in [0.25, 0.3) is 0 Å². The number of rotatable bonds is 4. The molecule has 0 bridgehead atoms. The first-order valence-corrected chi connectivity index (χ1v) is 6.69. The quantitative estimate of drug-likeness (QED) is 0.846. The van der Waals surface area contributed by atoms with Gasteiger partial charge >= 0.3 is 0 Å². The maximum atomic E-state index is 12.1. The largest absolute Gasteiger partial charge is 0.352 e. The van der Waals surface area contributed by atoms with Crippen LogP contribution in [0.2, 0.25) is 0 Å². The summed E-state index contributed by atoms with van der Waals surface area (Å²) in [5.41, 5.74) is 8.39. The van der Waals surface area contributed by atoms with E-state index in [0.29, 0.717) is 12.5 Å². The molecule has 3 N–H and O–H groups in total. The third kappa shape index (κ3) is 2.72. The SMILES string of the molecule is CC(C)C(CN)C(=O)NC1Cc2ccccc2C1. The number of carbonyl (C=O) groups is 1. The van der Waals surface area contributed by atoms with E-state index < -0.39 is 0 Å². The Labute approximate surface area is 109 Å². The summed E-state index contributed by atoms with van der Waals surface area (Å²) in [5.74, 6) is 0.317. The van der Waals surface area contributed by atoms with Crippen molar-refractivity contribution in [1.29, 1.82) is 0 Å². The molecular weight excluding hydrogens is 224 g/mol. The van der Waals surface area contributed by atoms with Gasteiger partial charge in [0.05, 0.1) is 5.92 Å². The van der Waals surface area contributed by atoms with Gasteiger partial charge in [0, 0.05) is 12.6 Å². The highest BCUT2D eigenvalue weighted by molar-refractivity contribution is 5.79. The fourth-order valence-corrected chi connectivity index (χ4v) is 2.65. The van der Waals surface area contributed by atoms with Crippen molar-refractivity contribution >= 4 is 5.91 Å². The van der Waals surface area contributed by atoms with Crippen LogP contribution in [0.15, 0.2) is 24.3 Å². The molecule has 0 spiro atoms. The molecule has 18 heavy (non-hydrogen) atoms. The lowest BCUT2D eigenvalue weighted by molar-refractivity contribution is -0.126. The second kappa shape index (κ2) is 5.53. The molecule has 0 heterocycles. The minimum atomic E-state index is -0.0753. The number of benzene rings is 1. The summed E-state index contributed by atoms with van der Waals surface area (Å²) in [7, 11) is 0. The van der Waals surface area contributed by atoms with Gasteiger partial charge in [0.15, 0.2) is 0 Å². The van der Waals surface area contributed by atoms with Crippen LogP contribution in [0.5, 0.6) is 0 Å². The number of nitrogens with one attached hydrogen (secondary N) is 1. The topological polar surface area (TPSA) is 55.1 Å². The summed E-state index contributed by atoms with van der Waals surface area (Å²) < 4.78 is 0. The average molecular weight is 246 g/mol. The Morgan fingerprint density at radius 1 is 1.33 bits per heavy atom. The third-order valence-corrected chi connectivity index (χ3v) is 3.79. The molecule has 1 aromatic rings. The van der Waals surface area contributed by atoms with Crippen LogP contribution >= 0.6 is 0 Å². The van der Waals surface area contributed by atoms with Crippen molar-refractivity contribution in [1.82, 2.24) is 5.32 Å². The Balaban J connectivity index is 1.95. The second-order valence-corrected chi connectivity index (χ2v) is 5.47. The van der Waals surface area contributed by atoms with E-state index in [-0.39, 0.29) is 17.9 Å². The summed E-state index contributed by atoms with van der Waals surface area (Å²) >= 11 is 0. The smallest absolute Gasteiger partial charge is 0.224 e. The van der Waals surface area contributed by atoms with E-state index in [9.17, 15) is 4.79 Å². The van der Waals surface area contributed by atoms with Crippen molar-refractivity contribution in [3.63, 3.8) is 0 Å². The predicted molar refractivity (Wildman–Crippen MR) is 73.2 cm³/mol. The normalized spacial score (nSPS) is 16.7. The molecule has 1 unspecified atom stereocenters. The molecule has 1 aliphatic rings. The van der Waals surface area contributed by atoms with E-state index >= 15 is 0 Å². The van der Waals surface area contributed by atoms with E-state index in [1.807, 2.05) is 13.8 Å². The second-order valence-electron chi connectivity index (χ2n) is 5.47. The molecule has 3 nitrogen and oxygen atoms in total. The van der Waals surface area contributed by atoms with Crippen LogP contribution < -0.4 is 11.1 Å². The molecule has 0 radical (unpaired) electrons. The van der Waals surface area contributed by atoms with Crippen molar-refractivity contribution in [3.05, 3.63) is 35.4 Å². The van der Waals surface area contributed by atoms with Crippen LogP contribution in [0.4, 0.5) is 0 Å². The molecular formula is C15H22N2O. The number of carbonyl (C=O) groups excluding carboxylic acids is 1. The van der Waals surface area contributed by atoms with Crippen molar-refractivity contribution in [2.24, 2.45) is 17.6 Å². The molecule has 0 aromatic heterocycles. The zero-order chi connectivity index (χ0) is 13.1. The summed E-state index contributed by atoms with van der Waals surface area (Å²) in [6.45, 7) is 4.50. The van der Waals surface area contributed by atoms with Gasteiger partial charge in [0.1, 0.15) is 0 Å². The molecule has 1 amide bonds. The Morgan fingerprint density at radius 3 is 2.33 bits per heavy atom. The van der Waals surface area contributed by atoms with Gasteiger partial charge in [-0.15, -0.1) is 0 Å². The number of hydrogen-bond donors (Lipinski definition) is 2. The highest BCUT2D eigenvalue weighted by atomic mass is 16.2. The van der Waals surface area contributed by atoms with Crippen LogP contribution in [0.1, 0.15) is 25.0 Å². The van der Waals surface area contributed by atoms with Crippen molar-refractivity contribution < 1.29 is 4.79 Å². The summed E-state index contributed by atoms with van der Waals surface area (Å²) in [5, 5.41) is 3.14. The average Bonchev–Trinajstić information content (AvgIpc) is 2.71. The van der Waals surface area contributed by atoms with Crippen molar-refractivity contribution in [2.45, 2.75) is 32.7 Å². The van der Waals surface area contributed by atoms with Crippen LogP contribution in [-0.4, -0.2) is 18.5 Å². The molecule has 2 rings (SSSR count). The maximum absolute atomic E-state index is 12.1. The minimum Gasteiger partial charge on any atom is -0.352 e. The Hall–Kier alpha value is -1.35. The van der Waals surface area contributed by atoms with E-state index in [1.165, 1.54) is 11.1 Å². The predicted octanol–water partition coefficient (Wildman–Crippen LogP) is 1.50. The third-order valence-electron chi connectivity index (χ3n) is 3.79. The lowest BCUT2D eigenvalue weighted by Crippen LogP contribution is -2.43. The van der Waals surface area contributed by atoms with Crippen LogP contribution in [-0.2, 0) is 17.6 Å². The standard InChI is InChI=1S/C15H22N2O/c1-10(2)14(9-16)15(18)17-13-7-11-5-3-4-6-12(11)8-13/h3-6,10,13-14H,7-9,16H2,1-2H3,(H,17,18). The Bertz CT molecular complexity index is 403. The lowest BCUT2D eigenvalue weighted by Gasteiger charge is -2.21. The Kier molecular flexibility index (Phi) is 4.02. The molecule has 1 aromatic carbocycles. The molecule has 0 saturated heterocycles. The zero-order valence-electron chi connectivity index (χ0n) is 11.1. The van der Waals surface area contributed by atoms with Gasteiger partial charge in [-0.05, 0) is 29.9 Å². The highest BCUT2D eigenvalue weighted by Crippen LogP contribution is 2.22. The number of nitrogens with two attached hydrogens (primary N) is 1. The first-order chi connectivity index (χ1) is 8.61. The van der Waals surface area contributed by atoms with Gasteiger partial charge in [-0.25, -0.2) is 0 Å². The fourth-order valence-electron chi connectivity index (χ4n) is 2.65. The van der Waals surface area contributed by atoms with Crippen molar-refractivity contribution in [3.8, 4) is 0 Å². The van der Waals surface area contributed by atoms with Gasteiger partial charge in [-0.3, -0.25) is 4.79 Å². The van der Waals surface area contributed by atoms with Crippen LogP contribution in [0.3, 0.4) is 0 Å². The Morgan fingerprint density at radius 2 is 1.89 bits per heavy atom. The summed E-state index contributed by atoms with van der Waals surface area (Å²) in [6.07, 6.45) is 1.88. The van der Waals surface area contributed by atoms with Gasteiger partial charge in [0.2, 0.25) is 5.91 Å². The molecule has 3 heteroatoms. The van der Waals surface area contributed by atoms with Crippen LogP contribution in [0, 0.1) is 11.8 Å². The molecule has 98 valence electrons. The number of fused-ring (bicyclic) bond motifs is 1. The number of amides is 1. The molecule has 0 fully saturated rings. The summed E-state index contributed by atoms with van der Waals surface area (Å²) in [4.78, 5) is 12.1. The molecule has 0 saturated carbocycles. The molecule has 0 aliphatic heterocycles. The first-order valence-electron chi connectivity index (χ1n) is 6.69. The first kappa shape index (κ1) is 13.1. The highest BCUT2D eigenvalue weighted by Gasteiger charge is 2.26. The minimum absolute atomic E-state index is 0.0753. The number of hydrogen-bond acceptors (Lipinski definition) is 2. The van der Waals surface area contributed by atoms with Crippen LogP contribution in [0.25, 0.3) is 0 Å². The monoisotopic (exact) mass is 246 g/mol. The van der Waals surface area contributed by atoms with E-state index in [4.69, 9.17) is 5.73 Å². The summed E-state index contributed by atoms with van der Waals surface area (Å²) in [6, 6.07) is 8.64. The lowest BCUT2D eigenvalue weighted by atomic mass is 9.94.